The van der Waals surface area contributed by atoms with Gasteiger partial charge in [0.05, 0.1) is 32.5 Å². The minimum atomic E-state index is -0.620. The summed E-state index contributed by atoms with van der Waals surface area (Å²) in [6.45, 7) is 2.10. The Hall–Kier alpha value is -2.20. The molecule has 0 bridgehead atoms. The van der Waals surface area contributed by atoms with Gasteiger partial charge < -0.3 is 14.6 Å². The molecule has 2 aromatic carbocycles. The average molecular weight is 324 g/mol. The van der Waals surface area contributed by atoms with Crippen LogP contribution in [0.5, 0.6) is 0 Å². The lowest BCUT2D eigenvalue weighted by Crippen LogP contribution is -1.99. The molecule has 1 N–H and O–H groups in total. The van der Waals surface area contributed by atoms with E-state index in [9.17, 15) is 5.11 Å². The standard InChI is InChI=1S/C21H24O3/c22-21(13-7-15-23-17-19-9-3-1-4-10-19)14-8-16-24-18-20-11-5-2-6-12-20/h1-14,21-22H,15-18H2/b13-7+,14-8+. The molecular formula is C21H24O3. The highest BCUT2D eigenvalue weighted by Crippen LogP contribution is 2.01. The van der Waals surface area contributed by atoms with Gasteiger partial charge in [-0.25, -0.2) is 0 Å². The van der Waals surface area contributed by atoms with Crippen LogP contribution in [0.1, 0.15) is 11.1 Å². The smallest absolute Gasteiger partial charge is 0.0904 e. The molecule has 0 radical (unpaired) electrons. The first kappa shape index (κ1) is 18.1. The van der Waals surface area contributed by atoms with Crippen molar-refractivity contribution in [1.29, 1.82) is 0 Å². The largest absolute Gasteiger partial charge is 0.385 e. The number of hydrogen-bond acceptors (Lipinski definition) is 3. The van der Waals surface area contributed by atoms with Gasteiger partial charge in [0.2, 0.25) is 0 Å². The normalized spacial score (nSPS) is 11.8. The minimum absolute atomic E-state index is 0.476. The van der Waals surface area contributed by atoms with Crippen molar-refractivity contribution in [2.45, 2.75) is 19.3 Å². The second-order valence-corrected chi connectivity index (χ2v) is 5.35. The number of ether oxygens (including phenoxy) is 2. The van der Waals surface area contributed by atoms with E-state index in [0.29, 0.717) is 26.4 Å². The molecule has 2 rings (SSSR count). The first-order valence-electron chi connectivity index (χ1n) is 8.09. The fourth-order valence-corrected chi connectivity index (χ4v) is 2.09. The second kappa shape index (κ2) is 11.4. The van der Waals surface area contributed by atoms with Crippen molar-refractivity contribution in [2.75, 3.05) is 13.2 Å². The molecule has 0 spiro atoms. The van der Waals surface area contributed by atoms with Crippen molar-refractivity contribution in [3.05, 3.63) is 96.1 Å². The summed E-state index contributed by atoms with van der Waals surface area (Å²) in [7, 11) is 0. The third kappa shape index (κ3) is 7.88. The molecule has 24 heavy (non-hydrogen) atoms. The highest BCUT2D eigenvalue weighted by Gasteiger charge is 1.93. The van der Waals surface area contributed by atoms with E-state index < -0.39 is 6.10 Å². The van der Waals surface area contributed by atoms with Crippen molar-refractivity contribution in [2.24, 2.45) is 0 Å². The zero-order valence-electron chi connectivity index (χ0n) is 13.8. The molecule has 3 nitrogen and oxygen atoms in total. The maximum absolute atomic E-state index is 9.80. The third-order valence-corrected chi connectivity index (χ3v) is 3.32. The fraction of sp³-hybridized carbons (Fsp3) is 0.238. The van der Waals surface area contributed by atoms with E-state index in [1.165, 1.54) is 0 Å². The molecule has 0 saturated heterocycles. The molecule has 0 fully saturated rings. The van der Waals surface area contributed by atoms with E-state index in [2.05, 4.69) is 0 Å². The predicted octanol–water partition coefficient (Wildman–Crippen LogP) is 3.89. The first-order chi connectivity index (χ1) is 11.8. The van der Waals surface area contributed by atoms with Crippen LogP contribution in [-0.4, -0.2) is 24.4 Å². The van der Waals surface area contributed by atoms with E-state index in [0.717, 1.165) is 11.1 Å². The van der Waals surface area contributed by atoms with E-state index in [-0.39, 0.29) is 0 Å². The summed E-state index contributed by atoms with van der Waals surface area (Å²) in [5.74, 6) is 0. The summed E-state index contributed by atoms with van der Waals surface area (Å²) >= 11 is 0. The summed E-state index contributed by atoms with van der Waals surface area (Å²) in [6.07, 6.45) is 6.44. The number of benzene rings is 2. The number of aliphatic hydroxyl groups excluding tert-OH is 1. The van der Waals surface area contributed by atoms with Gasteiger partial charge in [-0.05, 0) is 11.1 Å². The summed E-state index contributed by atoms with van der Waals surface area (Å²) in [6, 6.07) is 20.0. The highest BCUT2D eigenvalue weighted by molar-refractivity contribution is 5.14. The quantitative estimate of drug-likeness (QED) is 0.532. The molecule has 0 aliphatic heterocycles. The molecule has 0 heterocycles. The van der Waals surface area contributed by atoms with E-state index in [1.807, 2.05) is 72.8 Å². The lowest BCUT2D eigenvalue weighted by atomic mass is 10.2. The van der Waals surface area contributed by atoms with Gasteiger partial charge in [0.1, 0.15) is 0 Å². The van der Waals surface area contributed by atoms with Crippen LogP contribution in [0.4, 0.5) is 0 Å². The SMILES string of the molecule is OC(/C=C/COCc1ccccc1)/C=C/COCc1ccccc1. The molecule has 0 aliphatic rings. The van der Waals surface area contributed by atoms with Crippen molar-refractivity contribution in [1.82, 2.24) is 0 Å². The second-order valence-electron chi connectivity index (χ2n) is 5.35. The molecule has 0 unspecified atom stereocenters. The van der Waals surface area contributed by atoms with Gasteiger partial charge in [-0.1, -0.05) is 85.0 Å². The van der Waals surface area contributed by atoms with Crippen molar-refractivity contribution in [3.8, 4) is 0 Å². The summed E-state index contributed by atoms with van der Waals surface area (Å²) in [5, 5.41) is 9.80. The molecule has 0 aliphatic carbocycles. The molecule has 0 aromatic heterocycles. The van der Waals surface area contributed by atoms with Crippen molar-refractivity contribution >= 4 is 0 Å². The van der Waals surface area contributed by atoms with Crippen LogP contribution in [0.25, 0.3) is 0 Å². The van der Waals surface area contributed by atoms with Crippen LogP contribution in [0.3, 0.4) is 0 Å². The Labute approximate surface area is 143 Å². The Morgan fingerprint density at radius 1 is 0.708 bits per heavy atom. The van der Waals surface area contributed by atoms with Crippen LogP contribution in [0.2, 0.25) is 0 Å². The maximum Gasteiger partial charge on any atom is 0.0904 e. The summed E-state index contributed by atoms with van der Waals surface area (Å²) in [4.78, 5) is 0. The Balaban J connectivity index is 1.54. The lowest BCUT2D eigenvalue weighted by molar-refractivity contribution is 0.146. The van der Waals surface area contributed by atoms with Crippen molar-refractivity contribution < 1.29 is 14.6 Å². The zero-order chi connectivity index (χ0) is 16.9. The zero-order valence-corrected chi connectivity index (χ0v) is 13.8. The maximum atomic E-state index is 9.80. The minimum Gasteiger partial charge on any atom is -0.385 e. The summed E-state index contributed by atoms with van der Waals surface area (Å²) < 4.78 is 11.0. The molecule has 0 atom stereocenters. The third-order valence-electron chi connectivity index (χ3n) is 3.32. The average Bonchev–Trinajstić information content (AvgIpc) is 2.63. The van der Waals surface area contributed by atoms with Gasteiger partial charge in [0.25, 0.3) is 0 Å². The molecule has 0 amide bonds. The lowest BCUT2D eigenvalue weighted by Gasteiger charge is -2.02. The molecular weight excluding hydrogens is 300 g/mol. The Bertz CT molecular complexity index is 550. The van der Waals surface area contributed by atoms with Crippen LogP contribution < -0.4 is 0 Å². The van der Waals surface area contributed by atoms with E-state index in [4.69, 9.17) is 9.47 Å². The number of rotatable bonds is 10. The van der Waals surface area contributed by atoms with Gasteiger partial charge in [0.15, 0.2) is 0 Å². The topological polar surface area (TPSA) is 38.7 Å². The summed E-state index contributed by atoms with van der Waals surface area (Å²) in [5.41, 5.74) is 2.28. The van der Waals surface area contributed by atoms with Gasteiger partial charge in [0, 0.05) is 0 Å². The van der Waals surface area contributed by atoms with Gasteiger partial charge in [-0.3, -0.25) is 0 Å². The molecule has 0 saturated carbocycles. The van der Waals surface area contributed by atoms with Crippen LogP contribution in [0.15, 0.2) is 85.0 Å². The predicted molar refractivity (Wildman–Crippen MR) is 96.5 cm³/mol. The fourth-order valence-electron chi connectivity index (χ4n) is 2.09. The van der Waals surface area contributed by atoms with Crippen molar-refractivity contribution in [3.63, 3.8) is 0 Å². The Kier molecular flexibility index (Phi) is 8.58. The van der Waals surface area contributed by atoms with E-state index >= 15 is 0 Å². The van der Waals surface area contributed by atoms with Crippen LogP contribution in [-0.2, 0) is 22.7 Å². The Morgan fingerprint density at radius 3 is 1.54 bits per heavy atom. The molecule has 126 valence electrons. The first-order valence-corrected chi connectivity index (χ1v) is 8.09. The Morgan fingerprint density at radius 2 is 1.12 bits per heavy atom. The highest BCUT2D eigenvalue weighted by atomic mass is 16.5. The van der Waals surface area contributed by atoms with E-state index in [1.54, 1.807) is 12.2 Å². The molecule has 3 heteroatoms. The monoisotopic (exact) mass is 324 g/mol. The van der Waals surface area contributed by atoms with Crippen LogP contribution in [0, 0.1) is 0 Å². The van der Waals surface area contributed by atoms with Gasteiger partial charge in [-0.15, -0.1) is 0 Å². The number of aliphatic hydroxyl groups is 1. The molecule has 2 aromatic rings. The number of hydrogen-bond donors (Lipinski definition) is 1. The van der Waals surface area contributed by atoms with Gasteiger partial charge >= 0.3 is 0 Å². The van der Waals surface area contributed by atoms with Gasteiger partial charge in [-0.2, -0.15) is 0 Å². The van der Waals surface area contributed by atoms with Crippen LogP contribution >= 0.6 is 0 Å².